The van der Waals surface area contributed by atoms with Crippen LogP contribution in [0.5, 0.6) is 5.75 Å². The summed E-state index contributed by atoms with van der Waals surface area (Å²) in [6.45, 7) is 2.22. The van der Waals surface area contributed by atoms with E-state index in [2.05, 4.69) is 0 Å². The van der Waals surface area contributed by atoms with Crippen LogP contribution in [0.25, 0.3) is 0 Å². The third-order valence-electron chi connectivity index (χ3n) is 2.87. The van der Waals surface area contributed by atoms with Gasteiger partial charge in [-0.05, 0) is 37.0 Å². The maximum Gasteiger partial charge on any atom is 0.335 e. The molecule has 1 aliphatic carbocycles. The Labute approximate surface area is 111 Å². The van der Waals surface area contributed by atoms with Crippen molar-refractivity contribution >= 4 is 11.9 Å². The number of aromatic carboxylic acids is 1. The molecule has 19 heavy (non-hydrogen) atoms. The third kappa shape index (κ3) is 4.06. The summed E-state index contributed by atoms with van der Waals surface area (Å²) in [7, 11) is 0. The van der Waals surface area contributed by atoms with Crippen molar-refractivity contribution in [2.75, 3.05) is 6.61 Å². The Morgan fingerprint density at radius 3 is 2.68 bits per heavy atom. The zero-order valence-corrected chi connectivity index (χ0v) is 10.7. The largest absolute Gasteiger partial charge is 0.478 e. The highest BCUT2D eigenvalue weighted by Crippen LogP contribution is 2.30. The van der Waals surface area contributed by atoms with Crippen LogP contribution in [-0.2, 0) is 16.1 Å². The number of carboxylic acids is 1. The van der Waals surface area contributed by atoms with E-state index in [0.29, 0.717) is 23.8 Å². The van der Waals surface area contributed by atoms with Gasteiger partial charge < -0.3 is 14.6 Å². The highest BCUT2D eigenvalue weighted by atomic mass is 16.5. The van der Waals surface area contributed by atoms with E-state index < -0.39 is 11.9 Å². The van der Waals surface area contributed by atoms with Gasteiger partial charge in [0, 0.05) is 19.1 Å². The minimum Gasteiger partial charge on any atom is -0.478 e. The molecule has 1 saturated carbocycles. The molecule has 1 aromatic rings. The second-order valence-corrected chi connectivity index (χ2v) is 4.68. The molecule has 1 N–H and O–H groups in total. The smallest absolute Gasteiger partial charge is 0.335 e. The number of carbonyl (C=O) groups is 2. The lowest BCUT2D eigenvalue weighted by atomic mass is 10.1. The van der Waals surface area contributed by atoms with Gasteiger partial charge >= 0.3 is 11.9 Å². The van der Waals surface area contributed by atoms with E-state index in [-0.39, 0.29) is 12.2 Å². The van der Waals surface area contributed by atoms with Crippen molar-refractivity contribution in [1.29, 1.82) is 0 Å². The molecule has 5 nitrogen and oxygen atoms in total. The molecule has 0 saturated heterocycles. The lowest BCUT2D eigenvalue weighted by Gasteiger charge is -2.10. The molecule has 0 unspecified atom stereocenters. The van der Waals surface area contributed by atoms with Crippen LogP contribution in [0.1, 0.15) is 35.7 Å². The van der Waals surface area contributed by atoms with Gasteiger partial charge in [-0.1, -0.05) is 0 Å². The summed E-state index contributed by atoms with van der Waals surface area (Å²) in [6, 6.07) is 4.37. The first-order chi connectivity index (χ1) is 9.06. The number of carbonyl (C=O) groups excluding carboxylic acids is 1. The summed E-state index contributed by atoms with van der Waals surface area (Å²) in [4.78, 5) is 21.9. The molecular formula is C14H16O5. The quantitative estimate of drug-likeness (QED) is 0.630. The van der Waals surface area contributed by atoms with E-state index in [4.69, 9.17) is 14.6 Å². The van der Waals surface area contributed by atoms with E-state index >= 15 is 0 Å². The van der Waals surface area contributed by atoms with Crippen LogP contribution in [0, 0.1) is 5.92 Å². The molecule has 0 atom stereocenters. The van der Waals surface area contributed by atoms with Gasteiger partial charge in [0.05, 0.1) is 12.2 Å². The van der Waals surface area contributed by atoms with Crippen molar-refractivity contribution in [2.24, 2.45) is 5.92 Å². The summed E-state index contributed by atoms with van der Waals surface area (Å²) in [5.74, 6) is -0.475. The van der Waals surface area contributed by atoms with Gasteiger partial charge in [-0.25, -0.2) is 4.79 Å². The second kappa shape index (κ2) is 5.84. The van der Waals surface area contributed by atoms with Crippen LogP contribution in [0.3, 0.4) is 0 Å². The van der Waals surface area contributed by atoms with Crippen molar-refractivity contribution in [2.45, 2.75) is 26.4 Å². The molecule has 1 aromatic carbocycles. The second-order valence-electron chi connectivity index (χ2n) is 4.68. The number of hydrogen-bond donors (Lipinski definition) is 1. The lowest BCUT2D eigenvalue weighted by Crippen LogP contribution is -2.07. The third-order valence-corrected chi connectivity index (χ3v) is 2.87. The zero-order valence-electron chi connectivity index (χ0n) is 10.7. The number of hydrogen-bond acceptors (Lipinski definition) is 4. The number of ether oxygens (including phenoxy) is 2. The SMILES string of the molecule is CC(=O)Oc1ccc(C(=O)O)cc1COCC1CC1. The Kier molecular flexibility index (Phi) is 4.16. The highest BCUT2D eigenvalue weighted by molar-refractivity contribution is 5.88. The summed E-state index contributed by atoms with van der Waals surface area (Å²) in [6.07, 6.45) is 2.37. The normalized spacial score (nSPS) is 14.2. The summed E-state index contributed by atoms with van der Waals surface area (Å²) < 4.78 is 10.6. The Bertz CT molecular complexity index is 491. The van der Waals surface area contributed by atoms with Gasteiger partial charge in [-0.15, -0.1) is 0 Å². The topological polar surface area (TPSA) is 72.8 Å². The van der Waals surface area contributed by atoms with E-state index in [0.717, 1.165) is 0 Å². The molecule has 2 rings (SSSR count). The van der Waals surface area contributed by atoms with Gasteiger partial charge in [0.2, 0.25) is 0 Å². The number of benzene rings is 1. The van der Waals surface area contributed by atoms with Crippen molar-refractivity contribution in [1.82, 2.24) is 0 Å². The Morgan fingerprint density at radius 2 is 2.11 bits per heavy atom. The summed E-state index contributed by atoms with van der Waals surface area (Å²) in [5.41, 5.74) is 0.733. The fourth-order valence-corrected chi connectivity index (χ4v) is 1.70. The van der Waals surface area contributed by atoms with E-state index in [1.54, 1.807) is 0 Å². The van der Waals surface area contributed by atoms with Crippen LogP contribution in [0.4, 0.5) is 0 Å². The Hall–Kier alpha value is -1.88. The minimum atomic E-state index is -1.02. The predicted octanol–water partition coefficient (Wildman–Crippen LogP) is 2.24. The Morgan fingerprint density at radius 1 is 1.37 bits per heavy atom. The zero-order chi connectivity index (χ0) is 13.8. The van der Waals surface area contributed by atoms with Gasteiger partial charge in [0.1, 0.15) is 5.75 Å². The van der Waals surface area contributed by atoms with Gasteiger partial charge in [0.15, 0.2) is 0 Å². The van der Waals surface area contributed by atoms with Gasteiger partial charge in [0.25, 0.3) is 0 Å². The summed E-state index contributed by atoms with van der Waals surface area (Å²) in [5, 5.41) is 8.96. The molecule has 5 heteroatoms. The standard InChI is InChI=1S/C14H16O5/c1-9(15)19-13-5-4-11(14(16)17)6-12(13)8-18-7-10-2-3-10/h4-6,10H,2-3,7-8H2,1H3,(H,16,17). The van der Waals surface area contributed by atoms with Crippen molar-refractivity contribution in [3.8, 4) is 5.75 Å². The molecule has 0 amide bonds. The van der Waals surface area contributed by atoms with Crippen molar-refractivity contribution in [3.05, 3.63) is 29.3 Å². The molecule has 0 heterocycles. The van der Waals surface area contributed by atoms with Gasteiger partial charge in [-0.2, -0.15) is 0 Å². The fourth-order valence-electron chi connectivity index (χ4n) is 1.70. The van der Waals surface area contributed by atoms with E-state index in [1.165, 1.54) is 38.0 Å². The van der Waals surface area contributed by atoms with Gasteiger partial charge in [-0.3, -0.25) is 4.79 Å². The number of esters is 1. The average molecular weight is 264 g/mol. The minimum absolute atomic E-state index is 0.154. The van der Waals surface area contributed by atoms with Crippen LogP contribution >= 0.6 is 0 Å². The average Bonchev–Trinajstić information content (AvgIpc) is 3.14. The van der Waals surface area contributed by atoms with E-state index in [9.17, 15) is 9.59 Å². The molecular weight excluding hydrogens is 248 g/mol. The first-order valence-electron chi connectivity index (χ1n) is 6.18. The summed E-state index contributed by atoms with van der Waals surface area (Å²) >= 11 is 0. The molecule has 0 aromatic heterocycles. The highest BCUT2D eigenvalue weighted by Gasteiger charge is 2.21. The van der Waals surface area contributed by atoms with E-state index in [1.807, 2.05) is 0 Å². The van der Waals surface area contributed by atoms with Crippen LogP contribution in [0.2, 0.25) is 0 Å². The fraction of sp³-hybridized carbons (Fsp3) is 0.429. The first-order valence-corrected chi connectivity index (χ1v) is 6.18. The monoisotopic (exact) mass is 264 g/mol. The number of carboxylic acid groups (broad SMARTS) is 1. The predicted molar refractivity (Wildman–Crippen MR) is 67.1 cm³/mol. The molecule has 0 radical (unpaired) electrons. The molecule has 0 spiro atoms. The van der Waals surface area contributed by atoms with Crippen molar-refractivity contribution < 1.29 is 24.2 Å². The van der Waals surface area contributed by atoms with Crippen molar-refractivity contribution in [3.63, 3.8) is 0 Å². The maximum atomic E-state index is 11.0. The first kappa shape index (κ1) is 13.5. The molecule has 1 fully saturated rings. The Balaban J connectivity index is 2.10. The molecule has 0 bridgehead atoms. The molecule has 0 aliphatic heterocycles. The van der Waals surface area contributed by atoms with Crippen LogP contribution in [-0.4, -0.2) is 23.7 Å². The molecule has 102 valence electrons. The molecule has 1 aliphatic rings. The lowest BCUT2D eigenvalue weighted by molar-refractivity contribution is -0.132. The van der Waals surface area contributed by atoms with Crippen LogP contribution in [0.15, 0.2) is 18.2 Å². The van der Waals surface area contributed by atoms with Crippen LogP contribution < -0.4 is 4.74 Å². The number of rotatable bonds is 6. The maximum absolute atomic E-state index is 11.0.